The Morgan fingerprint density at radius 1 is 1.48 bits per heavy atom. The molecule has 0 radical (unpaired) electrons. The first-order valence-corrected chi connectivity index (χ1v) is 7.10. The molecule has 0 amide bonds. The van der Waals surface area contributed by atoms with Gasteiger partial charge in [0.25, 0.3) is 0 Å². The predicted molar refractivity (Wildman–Crippen MR) is 73.4 cm³/mol. The van der Waals surface area contributed by atoms with E-state index in [4.69, 9.17) is 9.63 Å². The van der Waals surface area contributed by atoms with Gasteiger partial charge >= 0.3 is 5.97 Å². The van der Waals surface area contributed by atoms with Crippen LogP contribution in [0.4, 0.5) is 0 Å². The number of aryl methyl sites for hydroxylation is 1. The first-order chi connectivity index (χ1) is 10.1. The molecule has 21 heavy (non-hydrogen) atoms. The molecule has 1 N–H and O–H groups in total. The molecule has 112 valence electrons. The minimum Gasteiger partial charge on any atom is -0.481 e. The van der Waals surface area contributed by atoms with Crippen molar-refractivity contribution in [3.8, 4) is 11.4 Å². The molecular weight excluding hydrogens is 272 g/mol. The van der Waals surface area contributed by atoms with Crippen LogP contribution in [0, 0.1) is 5.41 Å². The van der Waals surface area contributed by atoms with Crippen LogP contribution in [0.15, 0.2) is 16.9 Å². The maximum absolute atomic E-state index is 11.1. The number of nitrogens with zero attached hydrogens (tertiary/aromatic N) is 4. The molecule has 7 nitrogen and oxygen atoms in total. The van der Waals surface area contributed by atoms with Gasteiger partial charge < -0.3 is 9.63 Å². The average molecular weight is 290 g/mol. The van der Waals surface area contributed by atoms with Gasteiger partial charge in [0.15, 0.2) is 0 Å². The second-order valence-corrected chi connectivity index (χ2v) is 5.87. The van der Waals surface area contributed by atoms with Gasteiger partial charge in [0.2, 0.25) is 11.7 Å². The molecule has 2 aromatic rings. The van der Waals surface area contributed by atoms with Crippen LogP contribution < -0.4 is 0 Å². The van der Waals surface area contributed by atoms with Gasteiger partial charge in [0.1, 0.15) is 0 Å². The van der Waals surface area contributed by atoms with Crippen molar-refractivity contribution in [3.63, 3.8) is 0 Å². The molecule has 3 rings (SSSR count). The van der Waals surface area contributed by atoms with Crippen LogP contribution in [0.5, 0.6) is 0 Å². The number of carbonyl (C=O) groups is 1. The Hall–Kier alpha value is -2.18. The summed E-state index contributed by atoms with van der Waals surface area (Å²) in [4.78, 5) is 15.5. The van der Waals surface area contributed by atoms with Crippen LogP contribution in [-0.4, -0.2) is 31.0 Å². The Labute approximate surface area is 122 Å². The van der Waals surface area contributed by atoms with Crippen LogP contribution in [0.25, 0.3) is 11.4 Å². The molecule has 0 saturated heterocycles. The van der Waals surface area contributed by atoms with E-state index in [2.05, 4.69) is 15.2 Å². The number of aromatic nitrogens is 4. The highest BCUT2D eigenvalue weighted by molar-refractivity contribution is 5.67. The van der Waals surface area contributed by atoms with Gasteiger partial charge in [-0.15, -0.1) is 0 Å². The zero-order chi connectivity index (χ0) is 14.9. The molecule has 1 aliphatic rings. The third-order valence-corrected chi connectivity index (χ3v) is 4.15. The first kappa shape index (κ1) is 13.8. The number of rotatable bonds is 5. The summed E-state index contributed by atoms with van der Waals surface area (Å²) in [6.07, 6.45) is 8.14. The topological polar surface area (TPSA) is 94.0 Å². The van der Waals surface area contributed by atoms with Crippen molar-refractivity contribution in [3.05, 3.63) is 18.3 Å². The molecule has 0 atom stereocenters. The lowest BCUT2D eigenvalue weighted by Crippen LogP contribution is -2.23. The van der Waals surface area contributed by atoms with Crippen LogP contribution in [0.1, 0.15) is 38.0 Å². The molecule has 1 fully saturated rings. The van der Waals surface area contributed by atoms with Crippen LogP contribution in [-0.2, 0) is 18.3 Å². The number of carboxylic acid groups (broad SMARTS) is 1. The molecule has 0 unspecified atom stereocenters. The number of hydrogen-bond donors (Lipinski definition) is 1. The lowest BCUT2D eigenvalue weighted by molar-refractivity contribution is -0.139. The Morgan fingerprint density at radius 2 is 2.24 bits per heavy atom. The molecule has 1 aliphatic carbocycles. The predicted octanol–water partition coefficient (Wildman–Crippen LogP) is 2.05. The van der Waals surface area contributed by atoms with Gasteiger partial charge in [-0.3, -0.25) is 9.48 Å². The van der Waals surface area contributed by atoms with Crippen LogP contribution >= 0.6 is 0 Å². The molecule has 2 heterocycles. The lowest BCUT2D eigenvalue weighted by Gasteiger charge is -2.24. The molecule has 1 saturated carbocycles. The molecular formula is C14H18N4O3. The SMILES string of the molecule is Cn1cc(-c2noc(CC3(CC(=O)O)CCCC3)n2)cn1. The minimum absolute atomic E-state index is 0.164. The van der Waals surface area contributed by atoms with Gasteiger partial charge in [-0.25, -0.2) is 0 Å². The highest BCUT2D eigenvalue weighted by Crippen LogP contribution is 2.43. The van der Waals surface area contributed by atoms with Crippen molar-refractivity contribution in [2.75, 3.05) is 0 Å². The summed E-state index contributed by atoms with van der Waals surface area (Å²) in [6, 6.07) is 0. The molecule has 2 aromatic heterocycles. The summed E-state index contributed by atoms with van der Waals surface area (Å²) in [7, 11) is 1.82. The van der Waals surface area contributed by atoms with Gasteiger partial charge in [-0.05, 0) is 18.3 Å². The molecule has 0 spiro atoms. The zero-order valence-corrected chi connectivity index (χ0v) is 11.9. The molecule has 0 aliphatic heterocycles. The molecule has 0 bridgehead atoms. The molecule has 7 heteroatoms. The van der Waals surface area contributed by atoms with Crippen LogP contribution in [0.2, 0.25) is 0 Å². The maximum atomic E-state index is 11.1. The monoisotopic (exact) mass is 290 g/mol. The summed E-state index contributed by atoms with van der Waals surface area (Å²) >= 11 is 0. The summed E-state index contributed by atoms with van der Waals surface area (Å²) < 4.78 is 6.98. The van der Waals surface area contributed by atoms with Gasteiger partial charge in [0.05, 0.1) is 18.2 Å². The maximum Gasteiger partial charge on any atom is 0.303 e. The highest BCUT2D eigenvalue weighted by atomic mass is 16.5. The van der Waals surface area contributed by atoms with E-state index in [9.17, 15) is 4.79 Å². The Bertz CT molecular complexity index is 640. The van der Waals surface area contributed by atoms with E-state index in [0.717, 1.165) is 31.2 Å². The van der Waals surface area contributed by atoms with Gasteiger partial charge in [0, 0.05) is 19.7 Å². The first-order valence-electron chi connectivity index (χ1n) is 7.10. The van der Waals surface area contributed by atoms with Crippen molar-refractivity contribution < 1.29 is 14.4 Å². The average Bonchev–Trinajstić information content (AvgIpc) is 3.11. The highest BCUT2D eigenvalue weighted by Gasteiger charge is 2.38. The van der Waals surface area contributed by atoms with Crippen molar-refractivity contribution in [1.82, 2.24) is 19.9 Å². The van der Waals surface area contributed by atoms with Gasteiger partial charge in [-0.1, -0.05) is 18.0 Å². The standard InChI is InChI=1S/C14H18N4O3/c1-18-9-10(8-15-18)13-16-11(21-17-13)6-14(7-12(19)20)4-2-3-5-14/h8-9H,2-7H2,1H3,(H,19,20). The summed E-state index contributed by atoms with van der Waals surface area (Å²) in [5, 5.41) is 17.2. The third kappa shape index (κ3) is 2.96. The fourth-order valence-electron chi connectivity index (χ4n) is 3.16. The number of aliphatic carboxylic acids is 1. The minimum atomic E-state index is -0.760. The Morgan fingerprint density at radius 3 is 2.86 bits per heavy atom. The van der Waals surface area contributed by atoms with Crippen LogP contribution in [0.3, 0.4) is 0 Å². The van der Waals surface area contributed by atoms with E-state index >= 15 is 0 Å². The van der Waals surface area contributed by atoms with E-state index in [1.165, 1.54) is 0 Å². The summed E-state index contributed by atoms with van der Waals surface area (Å²) in [5.41, 5.74) is 0.566. The van der Waals surface area contributed by atoms with Crippen molar-refractivity contribution in [2.24, 2.45) is 12.5 Å². The normalized spacial score (nSPS) is 17.2. The smallest absolute Gasteiger partial charge is 0.303 e. The van der Waals surface area contributed by atoms with E-state index in [1.54, 1.807) is 10.9 Å². The van der Waals surface area contributed by atoms with Crippen molar-refractivity contribution in [2.45, 2.75) is 38.5 Å². The summed E-state index contributed by atoms with van der Waals surface area (Å²) in [5.74, 6) is 0.252. The number of hydrogen-bond acceptors (Lipinski definition) is 5. The number of carboxylic acids is 1. The third-order valence-electron chi connectivity index (χ3n) is 4.15. The van der Waals surface area contributed by atoms with Crippen molar-refractivity contribution in [1.29, 1.82) is 0 Å². The second-order valence-electron chi connectivity index (χ2n) is 5.87. The van der Waals surface area contributed by atoms with E-state index in [0.29, 0.717) is 18.1 Å². The quantitative estimate of drug-likeness (QED) is 0.905. The van der Waals surface area contributed by atoms with E-state index < -0.39 is 5.97 Å². The lowest BCUT2D eigenvalue weighted by atomic mass is 9.79. The van der Waals surface area contributed by atoms with Gasteiger partial charge in [-0.2, -0.15) is 10.1 Å². The fourth-order valence-corrected chi connectivity index (χ4v) is 3.16. The van der Waals surface area contributed by atoms with E-state index in [-0.39, 0.29) is 11.8 Å². The Kier molecular flexibility index (Phi) is 3.48. The fraction of sp³-hybridized carbons (Fsp3) is 0.571. The zero-order valence-electron chi connectivity index (χ0n) is 11.9. The van der Waals surface area contributed by atoms with Crippen molar-refractivity contribution >= 4 is 5.97 Å². The summed E-state index contributed by atoms with van der Waals surface area (Å²) in [6.45, 7) is 0. The Balaban J connectivity index is 1.78. The van der Waals surface area contributed by atoms with E-state index in [1.807, 2.05) is 13.2 Å². The largest absolute Gasteiger partial charge is 0.481 e. The second kappa shape index (κ2) is 5.31. The molecule has 0 aromatic carbocycles.